The molecule has 1 aromatic carbocycles. The summed E-state index contributed by atoms with van der Waals surface area (Å²) in [4.78, 5) is 24.9. The normalized spacial score (nSPS) is 24.0. The minimum Gasteiger partial charge on any atom is -0.353 e. The summed E-state index contributed by atoms with van der Waals surface area (Å²) in [6.07, 6.45) is 9.22. The molecule has 2 fully saturated rings. The van der Waals surface area contributed by atoms with Crippen LogP contribution in [0.1, 0.15) is 63.4 Å². The monoisotopic (exact) mass is 376 g/mol. The summed E-state index contributed by atoms with van der Waals surface area (Å²) < 4.78 is 0. The molecule has 0 bridgehead atoms. The fraction of sp³-hybridized carbons (Fsp3) is 0.619. The van der Waals surface area contributed by atoms with Crippen LogP contribution >= 0.6 is 11.6 Å². The van der Waals surface area contributed by atoms with E-state index in [9.17, 15) is 9.59 Å². The first-order chi connectivity index (χ1) is 12.6. The van der Waals surface area contributed by atoms with Crippen molar-refractivity contribution >= 4 is 23.4 Å². The lowest BCUT2D eigenvalue weighted by atomic mass is 9.81. The van der Waals surface area contributed by atoms with Crippen molar-refractivity contribution in [3.05, 3.63) is 34.9 Å². The van der Waals surface area contributed by atoms with Gasteiger partial charge in [-0.05, 0) is 56.2 Å². The van der Waals surface area contributed by atoms with E-state index >= 15 is 0 Å². The lowest BCUT2D eigenvalue weighted by Gasteiger charge is -2.29. The van der Waals surface area contributed by atoms with Gasteiger partial charge in [0.1, 0.15) is 0 Å². The van der Waals surface area contributed by atoms with E-state index in [0.717, 1.165) is 44.1 Å². The number of hydrogen-bond acceptors (Lipinski definition) is 2. The number of amides is 2. The van der Waals surface area contributed by atoms with E-state index in [4.69, 9.17) is 11.6 Å². The molecule has 3 rings (SSSR count). The molecular weight excluding hydrogens is 348 g/mol. The van der Waals surface area contributed by atoms with Gasteiger partial charge in [0, 0.05) is 29.4 Å². The Bertz CT molecular complexity index is 603. The fourth-order valence-electron chi connectivity index (χ4n) is 4.12. The lowest BCUT2D eigenvalue weighted by molar-refractivity contribution is -0.131. The summed E-state index contributed by atoms with van der Waals surface area (Å²) in [6, 6.07) is 7.89. The first-order valence-electron chi connectivity index (χ1n) is 9.94. The average Bonchev–Trinajstić information content (AvgIpc) is 2.68. The first-order valence-corrected chi connectivity index (χ1v) is 10.3. The molecule has 4 nitrogen and oxygen atoms in total. The van der Waals surface area contributed by atoms with Crippen molar-refractivity contribution in [3.63, 3.8) is 0 Å². The maximum atomic E-state index is 12.5. The number of carbonyl (C=O) groups excluding carboxylic acids is 2. The Morgan fingerprint density at radius 2 is 1.42 bits per heavy atom. The number of benzene rings is 1. The van der Waals surface area contributed by atoms with Gasteiger partial charge in [-0.2, -0.15) is 0 Å². The van der Waals surface area contributed by atoms with Crippen molar-refractivity contribution in [1.82, 2.24) is 10.6 Å². The van der Waals surface area contributed by atoms with Crippen molar-refractivity contribution in [1.29, 1.82) is 0 Å². The maximum absolute atomic E-state index is 12.5. The van der Waals surface area contributed by atoms with Gasteiger partial charge in [-0.1, -0.05) is 43.0 Å². The summed E-state index contributed by atoms with van der Waals surface area (Å²) in [5, 5.41) is 6.95. The summed E-state index contributed by atoms with van der Waals surface area (Å²) >= 11 is 5.88. The zero-order chi connectivity index (χ0) is 18.4. The van der Waals surface area contributed by atoms with Gasteiger partial charge in [0.05, 0.1) is 0 Å². The fourth-order valence-corrected chi connectivity index (χ4v) is 4.25. The molecule has 2 saturated carbocycles. The molecule has 0 radical (unpaired) electrons. The number of hydrogen-bond donors (Lipinski definition) is 2. The van der Waals surface area contributed by atoms with E-state index in [0.29, 0.717) is 17.6 Å². The van der Waals surface area contributed by atoms with Crippen molar-refractivity contribution in [3.8, 4) is 0 Å². The third-order valence-electron chi connectivity index (χ3n) is 5.80. The highest BCUT2D eigenvalue weighted by molar-refractivity contribution is 6.30. The SMILES string of the molecule is O=C(NCc1ccc(Cl)cc1)C1CCC(C(=O)NC2CCCCC2)CC1. The van der Waals surface area contributed by atoms with Crippen LogP contribution in [0, 0.1) is 11.8 Å². The van der Waals surface area contributed by atoms with Crippen LogP contribution in [0.5, 0.6) is 0 Å². The van der Waals surface area contributed by atoms with Crippen molar-refractivity contribution in [2.75, 3.05) is 0 Å². The molecule has 2 aliphatic rings. The molecule has 0 heterocycles. The Labute approximate surface area is 161 Å². The van der Waals surface area contributed by atoms with Crippen molar-refractivity contribution in [2.45, 2.75) is 70.4 Å². The van der Waals surface area contributed by atoms with E-state index in [1.165, 1.54) is 19.3 Å². The Balaban J connectivity index is 1.39. The van der Waals surface area contributed by atoms with E-state index in [2.05, 4.69) is 10.6 Å². The van der Waals surface area contributed by atoms with Crippen LogP contribution in [-0.4, -0.2) is 17.9 Å². The van der Waals surface area contributed by atoms with Crippen LogP contribution in [0.15, 0.2) is 24.3 Å². The third kappa shape index (κ3) is 5.47. The minimum absolute atomic E-state index is 0.0287. The highest BCUT2D eigenvalue weighted by atomic mass is 35.5. The molecule has 5 heteroatoms. The van der Waals surface area contributed by atoms with Crippen LogP contribution < -0.4 is 10.6 Å². The zero-order valence-corrected chi connectivity index (χ0v) is 16.1. The minimum atomic E-state index is 0.0287. The molecule has 0 aliphatic heterocycles. The van der Waals surface area contributed by atoms with Gasteiger partial charge in [0.15, 0.2) is 0 Å². The van der Waals surface area contributed by atoms with Gasteiger partial charge in [-0.25, -0.2) is 0 Å². The summed E-state index contributed by atoms with van der Waals surface area (Å²) in [7, 11) is 0. The van der Waals surface area contributed by atoms with Crippen LogP contribution in [0.3, 0.4) is 0 Å². The second kappa shape index (κ2) is 9.40. The van der Waals surface area contributed by atoms with Crippen LogP contribution in [-0.2, 0) is 16.1 Å². The summed E-state index contributed by atoms with van der Waals surface area (Å²) in [5.74, 6) is 0.418. The quantitative estimate of drug-likeness (QED) is 0.808. The second-order valence-electron chi connectivity index (χ2n) is 7.74. The van der Waals surface area contributed by atoms with Crippen molar-refractivity contribution < 1.29 is 9.59 Å². The standard InChI is InChI=1S/C21H29ClN2O2/c22-18-12-6-15(7-13-18)14-23-20(25)16-8-10-17(11-9-16)21(26)24-19-4-2-1-3-5-19/h6-7,12-13,16-17,19H,1-5,8-11,14H2,(H,23,25)(H,24,26). The van der Waals surface area contributed by atoms with E-state index in [1.807, 2.05) is 24.3 Å². The van der Waals surface area contributed by atoms with Gasteiger partial charge < -0.3 is 10.6 Å². The first kappa shape index (κ1) is 19.2. The number of carbonyl (C=O) groups is 2. The largest absolute Gasteiger partial charge is 0.353 e. The van der Waals surface area contributed by atoms with Gasteiger partial charge >= 0.3 is 0 Å². The molecule has 142 valence electrons. The van der Waals surface area contributed by atoms with E-state index < -0.39 is 0 Å². The second-order valence-corrected chi connectivity index (χ2v) is 8.17. The molecule has 0 saturated heterocycles. The van der Waals surface area contributed by atoms with Crippen LogP contribution in [0.25, 0.3) is 0 Å². The van der Waals surface area contributed by atoms with Crippen LogP contribution in [0.2, 0.25) is 5.02 Å². The molecule has 2 aliphatic carbocycles. The van der Waals surface area contributed by atoms with Gasteiger partial charge in [0.25, 0.3) is 0 Å². The molecule has 1 aromatic rings. The van der Waals surface area contributed by atoms with E-state index in [-0.39, 0.29) is 23.7 Å². The number of rotatable bonds is 5. The third-order valence-corrected chi connectivity index (χ3v) is 6.05. The van der Waals surface area contributed by atoms with Gasteiger partial charge in [-0.3, -0.25) is 9.59 Å². The highest BCUT2D eigenvalue weighted by Crippen LogP contribution is 2.30. The molecule has 0 unspecified atom stereocenters. The number of halogens is 1. The molecular formula is C21H29ClN2O2. The summed E-state index contributed by atoms with van der Waals surface area (Å²) in [6.45, 7) is 0.526. The Morgan fingerprint density at radius 3 is 2.04 bits per heavy atom. The molecule has 2 amide bonds. The van der Waals surface area contributed by atoms with Gasteiger partial charge in [-0.15, -0.1) is 0 Å². The van der Waals surface area contributed by atoms with E-state index in [1.54, 1.807) is 0 Å². The molecule has 2 N–H and O–H groups in total. The van der Waals surface area contributed by atoms with Crippen molar-refractivity contribution in [2.24, 2.45) is 11.8 Å². The smallest absolute Gasteiger partial charge is 0.223 e. The Morgan fingerprint density at radius 1 is 0.846 bits per heavy atom. The average molecular weight is 377 g/mol. The predicted molar refractivity (Wildman–Crippen MR) is 104 cm³/mol. The Kier molecular flexibility index (Phi) is 6.95. The highest BCUT2D eigenvalue weighted by Gasteiger charge is 2.30. The Hall–Kier alpha value is -1.55. The van der Waals surface area contributed by atoms with Gasteiger partial charge in [0.2, 0.25) is 11.8 Å². The molecule has 0 atom stereocenters. The lowest BCUT2D eigenvalue weighted by Crippen LogP contribution is -2.42. The molecule has 26 heavy (non-hydrogen) atoms. The predicted octanol–water partition coefficient (Wildman–Crippen LogP) is 4.21. The zero-order valence-electron chi connectivity index (χ0n) is 15.3. The molecule has 0 aromatic heterocycles. The van der Waals surface area contributed by atoms with Crippen LogP contribution in [0.4, 0.5) is 0 Å². The topological polar surface area (TPSA) is 58.2 Å². The number of nitrogens with one attached hydrogen (secondary N) is 2. The maximum Gasteiger partial charge on any atom is 0.223 e. The summed E-state index contributed by atoms with van der Waals surface area (Å²) in [5.41, 5.74) is 1.04. The molecule has 0 spiro atoms.